The average molecular weight is 252 g/mol. The Morgan fingerprint density at radius 2 is 1.56 bits per heavy atom. The van der Waals surface area contributed by atoms with E-state index >= 15 is 0 Å². The van der Waals surface area contributed by atoms with Gasteiger partial charge >= 0.3 is 0 Å². The van der Waals surface area contributed by atoms with Crippen molar-refractivity contribution in [2.45, 2.75) is 27.7 Å². The fraction of sp³-hybridized carbons (Fsp3) is 0.500. The lowest BCUT2D eigenvalue weighted by molar-refractivity contribution is 0.0933. The van der Waals surface area contributed by atoms with Gasteiger partial charge in [-0.3, -0.25) is 4.79 Å². The summed E-state index contributed by atoms with van der Waals surface area (Å²) >= 11 is 0. The molecule has 0 spiro atoms. The quantitative estimate of drug-likeness (QED) is 0.837. The van der Waals surface area contributed by atoms with Crippen molar-refractivity contribution in [3.05, 3.63) is 16.7 Å². The number of carbonyl (C=O) groups is 1. The molecule has 0 aliphatic rings. The van der Waals surface area contributed by atoms with E-state index in [2.05, 4.69) is 0 Å². The average Bonchev–Trinajstić information content (AvgIpc) is 2.33. The van der Waals surface area contributed by atoms with Crippen molar-refractivity contribution in [3.8, 4) is 17.2 Å². The summed E-state index contributed by atoms with van der Waals surface area (Å²) in [5, 5.41) is 10.2. The first-order chi connectivity index (χ1) is 8.36. The van der Waals surface area contributed by atoms with Gasteiger partial charge in [-0.2, -0.15) is 0 Å². The SMILES string of the molecule is COc1c(C)c(O)c(C(=O)C(C)C)c(OC)c1C. The monoisotopic (exact) mass is 252 g/mol. The molecule has 0 unspecified atom stereocenters. The van der Waals surface area contributed by atoms with Gasteiger partial charge in [-0.25, -0.2) is 0 Å². The maximum absolute atomic E-state index is 12.2. The molecule has 4 heteroatoms. The van der Waals surface area contributed by atoms with Crippen LogP contribution in [0.15, 0.2) is 0 Å². The topological polar surface area (TPSA) is 55.8 Å². The van der Waals surface area contributed by atoms with Gasteiger partial charge in [0, 0.05) is 17.0 Å². The van der Waals surface area contributed by atoms with Crippen LogP contribution >= 0.6 is 0 Å². The second-order valence-electron chi connectivity index (χ2n) is 4.56. The third-order valence-electron chi connectivity index (χ3n) is 3.02. The van der Waals surface area contributed by atoms with E-state index in [4.69, 9.17) is 9.47 Å². The highest BCUT2D eigenvalue weighted by Gasteiger charge is 2.26. The number of ketones is 1. The summed E-state index contributed by atoms with van der Waals surface area (Å²) in [7, 11) is 3.01. The molecule has 0 heterocycles. The van der Waals surface area contributed by atoms with Crippen molar-refractivity contribution in [1.82, 2.24) is 0 Å². The van der Waals surface area contributed by atoms with E-state index in [1.807, 2.05) is 0 Å². The van der Waals surface area contributed by atoms with Crippen molar-refractivity contribution in [2.24, 2.45) is 5.92 Å². The van der Waals surface area contributed by atoms with Gasteiger partial charge in [-0.1, -0.05) is 13.8 Å². The third kappa shape index (κ3) is 2.15. The van der Waals surface area contributed by atoms with Gasteiger partial charge in [0.05, 0.1) is 14.2 Å². The van der Waals surface area contributed by atoms with Crippen LogP contribution in [0.2, 0.25) is 0 Å². The van der Waals surface area contributed by atoms with Crippen LogP contribution < -0.4 is 9.47 Å². The largest absolute Gasteiger partial charge is 0.507 e. The molecule has 0 bridgehead atoms. The molecule has 100 valence electrons. The van der Waals surface area contributed by atoms with E-state index in [1.165, 1.54) is 14.2 Å². The molecule has 1 aromatic rings. The summed E-state index contributed by atoms with van der Waals surface area (Å²) in [4.78, 5) is 12.2. The lowest BCUT2D eigenvalue weighted by Crippen LogP contribution is -2.12. The van der Waals surface area contributed by atoms with E-state index < -0.39 is 0 Å². The predicted octanol–water partition coefficient (Wildman–Crippen LogP) is 2.86. The normalized spacial score (nSPS) is 10.6. The number of hydrogen-bond donors (Lipinski definition) is 1. The van der Waals surface area contributed by atoms with Crippen LogP contribution in [-0.2, 0) is 0 Å². The minimum Gasteiger partial charge on any atom is -0.507 e. The number of benzene rings is 1. The Morgan fingerprint density at radius 1 is 1.06 bits per heavy atom. The molecule has 0 saturated heterocycles. The molecule has 0 atom stereocenters. The van der Waals surface area contributed by atoms with Gasteiger partial charge < -0.3 is 14.6 Å². The molecule has 1 N–H and O–H groups in total. The first-order valence-corrected chi connectivity index (χ1v) is 5.85. The Balaban J connectivity index is 3.66. The molecule has 1 rings (SSSR count). The summed E-state index contributed by atoms with van der Waals surface area (Å²) < 4.78 is 10.5. The number of Topliss-reactive ketones (excluding diaryl/α,β-unsaturated/α-hetero) is 1. The molecular weight excluding hydrogens is 232 g/mol. The van der Waals surface area contributed by atoms with E-state index in [9.17, 15) is 9.90 Å². The molecule has 0 aromatic heterocycles. The Bertz CT molecular complexity index is 475. The first kappa shape index (κ1) is 14.4. The van der Waals surface area contributed by atoms with E-state index in [0.29, 0.717) is 17.1 Å². The Hall–Kier alpha value is -1.71. The zero-order valence-corrected chi connectivity index (χ0v) is 11.7. The second-order valence-corrected chi connectivity index (χ2v) is 4.56. The maximum Gasteiger partial charge on any atom is 0.172 e. The predicted molar refractivity (Wildman–Crippen MR) is 69.9 cm³/mol. The number of phenols is 1. The number of phenolic OH excluding ortho intramolecular Hbond substituents is 1. The molecule has 0 aliphatic carbocycles. The minimum atomic E-state index is -0.211. The van der Waals surface area contributed by atoms with Gasteiger partial charge in [0.15, 0.2) is 5.78 Å². The summed E-state index contributed by atoms with van der Waals surface area (Å²) in [6.45, 7) is 7.10. The van der Waals surface area contributed by atoms with E-state index in [1.54, 1.807) is 27.7 Å². The fourth-order valence-electron chi connectivity index (χ4n) is 2.05. The van der Waals surface area contributed by atoms with Gasteiger partial charge in [-0.05, 0) is 13.8 Å². The van der Waals surface area contributed by atoms with Crippen LogP contribution in [0.3, 0.4) is 0 Å². The molecule has 1 aromatic carbocycles. The van der Waals surface area contributed by atoms with Crippen molar-refractivity contribution < 1.29 is 19.4 Å². The molecule has 4 nitrogen and oxygen atoms in total. The second kappa shape index (κ2) is 5.29. The number of hydrogen-bond acceptors (Lipinski definition) is 4. The molecule has 0 amide bonds. The number of aromatic hydroxyl groups is 1. The zero-order valence-electron chi connectivity index (χ0n) is 11.7. The van der Waals surface area contributed by atoms with Crippen LogP contribution in [0.1, 0.15) is 35.3 Å². The molecule has 0 fully saturated rings. The van der Waals surface area contributed by atoms with Crippen LogP contribution in [0.4, 0.5) is 0 Å². The third-order valence-corrected chi connectivity index (χ3v) is 3.02. The number of carbonyl (C=O) groups excluding carboxylic acids is 1. The van der Waals surface area contributed by atoms with Crippen LogP contribution in [-0.4, -0.2) is 25.1 Å². The van der Waals surface area contributed by atoms with Gasteiger partial charge in [0.1, 0.15) is 22.8 Å². The molecule has 18 heavy (non-hydrogen) atoms. The minimum absolute atomic E-state index is 0.0620. The zero-order chi connectivity index (χ0) is 14.0. The van der Waals surface area contributed by atoms with Crippen molar-refractivity contribution >= 4 is 5.78 Å². The van der Waals surface area contributed by atoms with Crippen molar-refractivity contribution in [1.29, 1.82) is 0 Å². The summed E-state index contributed by atoms with van der Waals surface area (Å²) in [5.74, 6) is 0.515. The van der Waals surface area contributed by atoms with E-state index in [0.717, 1.165) is 5.56 Å². The summed E-state index contributed by atoms with van der Waals surface area (Å²) in [6, 6.07) is 0. The van der Waals surface area contributed by atoms with Crippen LogP contribution in [0, 0.1) is 19.8 Å². The highest BCUT2D eigenvalue weighted by Crippen LogP contribution is 2.42. The first-order valence-electron chi connectivity index (χ1n) is 5.85. The fourth-order valence-corrected chi connectivity index (χ4v) is 2.05. The standard InChI is InChI=1S/C14H20O4/c1-7(2)11(15)10-12(16)8(3)13(17-5)9(4)14(10)18-6/h7,16H,1-6H3. The molecule has 0 aliphatic heterocycles. The Kier molecular flexibility index (Phi) is 4.22. The van der Waals surface area contributed by atoms with Crippen molar-refractivity contribution in [2.75, 3.05) is 14.2 Å². The van der Waals surface area contributed by atoms with Gasteiger partial charge in [0.2, 0.25) is 0 Å². The highest BCUT2D eigenvalue weighted by molar-refractivity contribution is 6.03. The number of methoxy groups -OCH3 is 2. The molecule has 0 saturated carbocycles. The summed E-state index contributed by atoms with van der Waals surface area (Å²) in [5.41, 5.74) is 1.52. The Morgan fingerprint density at radius 3 is 1.94 bits per heavy atom. The maximum atomic E-state index is 12.2. The van der Waals surface area contributed by atoms with Gasteiger partial charge in [0.25, 0.3) is 0 Å². The van der Waals surface area contributed by atoms with Crippen molar-refractivity contribution in [3.63, 3.8) is 0 Å². The molecule has 0 radical (unpaired) electrons. The Labute approximate surface area is 108 Å². The van der Waals surface area contributed by atoms with Gasteiger partial charge in [-0.15, -0.1) is 0 Å². The summed E-state index contributed by atoms with van der Waals surface area (Å²) in [6.07, 6.45) is 0. The van der Waals surface area contributed by atoms with Crippen LogP contribution in [0.25, 0.3) is 0 Å². The smallest absolute Gasteiger partial charge is 0.172 e. The number of ether oxygens (including phenoxy) is 2. The van der Waals surface area contributed by atoms with E-state index in [-0.39, 0.29) is 23.0 Å². The lowest BCUT2D eigenvalue weighted by atomic mass is 9.94. The lowest BCUT2D eigenvalue weighted by Gasteiger charge is -2.19. The van der Waals surface area contributed by atoms with Crippen LogP contribution in [0.5, 0.6) is 17.2 Å². The highest BCUT2D eigenvalue weighted by atomic mass is 16.5. The molecular formula is C14H20O4. The number of rotatable bonds is 4.